The van der Waals surface area contributed by atoms with Crippen LogP contribution in [-0.2, 0) is 6.54 Å². The zero-order valence-electron chi connectivity index (χ0n) is 13.0. The van der Waals surface area contributed by atoms with Crippen LogP contribution >= 0.6 is 27.3 Å². The van der Waals surface area contributed by atoms with Crippen LogP contribution in [0.15, 0.2) is 45.0 Å². The molecule has 0 radical (unpaired) electrons. The first-order chi connectivity index (χ1) is 11.7. The fraction of sp³-hybridized carbons (Fsp3) is 0.294. The second kappa shape index (κ2) is 6.66. The molecule has 3 heterocycles. The molecule has 2 aromatic heterocycles. The molecular formula is C17H17BrN4OS. The molecule has 1 aromatic carbocycles. The van der Waals surface area contributed by atoms with Gasteiger partial charge in [-0.3, -0.25) is 9.36 Å². The monoisotopic (exact) mass is 404 g/mol. The van der Waals surface area contributed by atoms with Gasteiger partial charge in [0, 0.05) is 30.7 Å². The second-order valence-electron chi connectivity index (χ2n) is 5.80. The Morgan fingerprint density at radius 2 is 1.92 bits per heavy atom. The molecule has 1 fully saturated rings. The summed E-state index contributed by atoms with van der Waals surface area (Å²) in [6, 6.07) is 10.0. The van der Waals surface area contributed by atoms with Crippen molar-refractivity contribution in [3.05, 3.63) is 56.1 Å². The number of piperazine rings is 1. The lowest BCUT2D eigenvalue weighted by atomic mass is 10.2. The molecule has 5 nitrogen and oxygen atoms in total. The van der Waals surface area contributed by atoms with Crippen LogP contribution in [0.25, 0.3) is 10.2 Å². The fourth-order valence-corrected chi connectivity index (χ4v) is 4.00. The van der Waals surface area contributed by atoms with Crippen LogP contribution in [0.5, 0.6) is 0 Å². The summed E-state index contributed by atoms with van der Waals surface area (Å²) in [4.78, 5) is 20.0. The quantitative estimate of drug-likeness (QED) is 0.728. The van der Waals surface area contributed by atoms with Gasteiger partial charge in [-0.1, -0.05) is 28.1 Å². The minimum absolute atomic E-state index is 0.0476. The number of nitrogens with zero attached hydrogens (tertiary/aromatic N) is 3. The Labute approximate surface area is 152 Å². The Balaban J connectivity index is 1.82. The number of hydrogen-bond donors (Lipinski definition) is 1. The maximum Gasteiger partial charge on any atom is 0.273 e. The van der Waals surface area contributed by atoms with E-state index in [0.29, 0.717) is 6.54 Å². The Hall–Kier alpha value is -1.70. The molecule has 0 bridgehead atoms. The molecule has 24 heavy (non-hydrogen) atoms. The number of nitrogens with one attached hydrogen (secondary N) is 1. The van der Waals surface area contributed by atoms with Crippen molar-refractivity contribution in [3.63, 3.8) is 0 Å². The highest BCUT2D eigenvalue weighted by Gasteiger charge is 2.19. The SMILES string of the molecule is O=c1c2sccc2nc(N2CCNCC2)n1Cc1ccc(Br)cc1. The van der Waals surface area contributed by atoms with Crippen LogP contribution in [0.1, 0.15) is 5.56 Å². The predicted octanol–water partition coefficient (Wildman–Crippen LogP) is 2.68. The van der Waals surface area contributed by atoms with Gasteiger partial charge in [0.1, 0.15) is 4.70 Å². The average molecular weight is 405 g/mol. The number of halogens is 1. The molecule has 124 valence electrons. The molecule has 0 aliphatic carbocycles. The van der Waals surface area contributed by atoms with Crippen molar-refractivity contribution in [2.24, 2.45) is 0 Å². The molecule has 0 unspecified atom stereocenters. The highest BCUT2D eigenvalue weighted by Crippen LogP contribution is 2.21. The summed E-state index contributed by atoms with van der Waals surface area (Å²) in [5, 5.41) is 5.28. The van der Waals surface area contributed by atoms with E-state index in [9.17, 15) is 4.79 Å². The maximum atomic E-state index is 13.0. The molecule has 0 atom stereocenters. The Bertz CT molecular complexity index is 912. The van der Waals surface area contributed by atoms with Gasteiger partial charge >= 0.3 is 0 Å². The van der Waals surface area contributed by atoms with Gasteiger partial charge in [-0.05, 0) is 29.1 Å². The first kappa shape index (κ1) is 15.8. The smallest absolute Gasteiger partial charge is 0.273 e. The molecule has 4 rings (SSSR count). The van der Waals surface area contributed by atoms with Gasteiger partial charge in [-0.25, -0.2) is 4.98 Å². The predicted molar refractivity (Wildman–Crippen MR) is 102 cm³/mol. The van der Waals surface area contributed by atoms with E-state index >= 15 is 0 Å². The first-order valence-electron chi connectivity index (χ1n) is 7.90. The molecule has 1 N–H and O–H groups in total. The maximum absolute atomic E-state index is 13.0. The van der Waals surface area contributed by atoms with Crippen LogP contribution in [0.2, 0.25) is 0 Å². The molecule has 1 aliphatic heterocycles. The van der Waals surface area contributed by atoms with E-state index in [2.05, 4.69) is 26.1 Å². The van der Waals surface area contributed by atoms with Crippen molar-refractivity contribution in [1.82, 2.24) is 14.9 Å². The zero-order chi connectivity index (χ0) is 16.5. The Morgan fingerprint density at radius 3 is 2.67 bits per heavy atom. The number of anilines is 1. The third kappa shape index (κ3) is 2.99. The number of aromatic nitrogens is 2. The van der Waals surface area contributed by atoms with Gasteiger partial charge in [-0.2, -0.15) is 0 Å². The minimum atomic E-state index is 0.0476. The number of hydrogen-bond acceptors (Lipinski definition) is 5. The van der Waals surface area contributed by atoms with E-state index in [0.717, 1.165) is 52.4 Å². The standard InChI is InChI=1S/C17H17BrN4OS/c18-13-3-1-12(2-4-13)11-22-16(23)15-14(5-10-24-15)20-17(22)21-8-6-19-7-9-21/h1-5,10,19H,6-9,11H2. The Morgan fingerprint density at radius 1 is 1.17 bits per heavy atom. The number of benzene rings is 1. The zero-order valence-corrected chi connectivity index (χ0v) is 15.4. The Kier molecular flexibility index (Phi) is 4.39. The van der Waals surface area contributed by atoms with Gasteiger partial charge in [0.15, 0.2) is 0 Å². The number of fused-ring (bicyclic) bond motifs is 1. The van der Waals surface area contributed by atoms with Gasteiger partial charge < -0.3 is 10.2 Å². The summed E-state index contributed by atoms with van der Waals surface area (Å²) in [6.45, 7) is 4.09. The molecule has 0 saturated carbocycles. The molecular weight excluding hydrogens is 388 g/mol. The summed E-state index contributed by atoms with van der Waals surface area (Å²) in [5.41, 5.74) is 1.94. The third-order valence-corrected chi connectivity index (χ3v) is 5.62. The van der Waals surface area contributed by atoms with Crippen molar-refractivity contribution in [2.75, 3.05) is 31.1 Å². The van der Waals surface area contributed by atoms with Gasteiger partial charge in [0.05, 0.1) is 12.1 Å². The van der Waals surface area contributed by atoms with Crippen molar-refractivity contribution >= 4 is 43.4 Å². The third-order valence-electron chi connectivity index (χ3n) is 4.20. The molecule has 1 aliphatic rings. The van der Waals surface area contributed by atoms with E-state index in [1.54, 1.807) is 0 Å². The van der Waals surface area contributed by atoms with Crippen LogP contribution in [-0.4, -0.2) is 35.7 Å². The van der Waals surface area contributed by atoms with Gasteiger partial charge in [0.2, 0.25) is 5.95 Å². The fourth-order valence-electron chi connectivity index (χ4n) is 2.95. The van der Waals surface area contributed by atoms with Crippen molar-refractivity contribution in [1.29, 1.82) is 0 Å². The number of thiophene rings is 1. The van der Waals surface area contributed by atoms with E-state index in [1.807, 2.05) is 40.3 Å². The summed E-state index contributed by atoms with van der Waals surface area (Å²) in [5.74, 6) is 0.773. The lowest BCUT2D eigenvalue weighted by Crippen LogP contribution is -2.46. The second-order valence-corrected chi connectivity index (χ2v) is 7.63. The van der Waals surface area contributed by atoms with Crippen molar-refractivity contribution < 1.29 is 0 Å². The van der Waals surface area contributed by atoms with Crippen LogP contribution in [0.4, 0.5) is 5.95 Å². The van der Waals surface area contributed by atoms with E-state index in [4.69, 9.17) is 4.98 Å². The average Bonchev–Trinajstić information content (AvgIpc) is 3.09. The lowest BCUT2D eigenvalue weighted by Gasteiger charge is -2.30. The minimum Gasteiger partial charge on any atom is -0.340 e. The van der Waals surface area contributed by atoms with Crippen LogP contribution < -0.4 is 15.8 Å². The normalized spacial score (nSPS) is 15.1. The largest absolute Gasteiger partial charge is 0.340 e. The highest BCUT2D eigenvalue weighted by atomic mass is 79.9. The van der Waals surface area contributed by atoms with E-state index in [-0.39, 0.29) is 5.56 Å². The summed E-state index contributed by atoms with van der Waals surface area (Å²) >= 11 is 4.92. The molecule has 7 heteroatoms. The van der Waals surface area contributed by atoms with E-state index < -0.39 is 0 Å². The first-order valence-corrected chi connectivity index (χ1v) is 9.58. The van der Waals surface area contributed by atoms with E-state index in [1.165, 1.54) is 11.3 Å². The summed E-state index contributed by atoms with van der Waals surface area (Å²) in [7, 11) is 0. The molecule has 3 aromatic rings. The molecule has 1 saturated heterocycles. The van der Waals surface area contributed by atoms with Crippen molar-refractivity contribution in [3.8, 4) is 0 Å². The van der Waals surface area contributed by atoms with Gasteiger partial charge in [0.25, 0.3) is 5.56 Å². The number of rotatable bonds is 3. The topological polar surface area (TPSA) is 50.2 Å². The molecule has 0 spiro atoms. The highest BCUT2D eigenvalue weighted by molar-refractivity contribution is 9.10. The lowest BCUT2D eigenvalue weighted by molar-refractivity contribution is 0.564. The summed E-state index contributed by atoms with van der Waals surface area (Å²) in [6.07, 6.45) is 0. The van der Waals surface area contributed by atoms with Gasteiger partial charge in [-0.15, -0.1) is 11.3 Å². The van der Waals surface area contributed by atoms with Crippen molar-refractivity contribution in [2.45, 2.75) is 6.54 Å². The summed E-state index contributed by atoms with van der Waals surface area (Å²) < 4.78 is 3.58. The van der Waals surface area contributed by atoms with Crippen LogP contribution in [0.3, 0.4) is 0 Å². The molecule has 0 amide bonds. The van der Waals surface area contributed by atoms with Crippen LogP contribution in [0, 0.1) is 0 Å².